The van der Waals surface area contributed by atoms with Gasteiger partial charge in [-0.05, 0) is 35.9 Å². The molecule has 0 bridgehead atoms. The molecule has 5 nitrogen and oxygen atoms in total. The molecule has 1 heterocycles. The molecule has 2 aromatic carbocycles. The van der Waals surface area contributed by atoms with E-state index in [2.05, 4.69) is 15.6 Å². The van der Waals surface area contributed by atoms with E-state index in [1.54, 1.807) is 24.4 Å². The second-order valence-corrected chi connectivity index (χ2v) is 6.91. The van der Waals surface area contributed by atoms with Gasteiger partial charge in [0.05, 0.1) is 22.5 Å². The Morgan fingerprint density at radius 2 is 1.79 bits per heavy atom. The highest BCUT2D eigenvalue weighted by atomic mass is 35.5. The lowest BCUT2D eigenvalue weighted by molar-refractivity contribution is -0.118. The molecule has 2 amide bonds. The number of pyridine rings is 1. The van der Waals surface area contributed by atoms with Gasteiger partial charge in [0.25, 0.3) is 5.91 Å². The van der Waals surface area contributed by atoms with Crippen LogP contribution in [0.5, 0.6) is 0 Å². The second kappa shape index (κ2) is 9.35. The minimum Gasteiger partial charge on any atom is -0.340 e. The van der Waals surface area contributed by atoms with Crippen molar-refractivity contribution in [1.82, 2.24) is 10.3 Å². The predicted octanol–water partition coefficient (Wildman–Crippen LogP) is 4.37. The number of aromatic nitrogens is 1. The Morgan fingerprint density at radius 1 is 1.00 bits per heavy atom. The molecule has 2 N–H and O–H groups in total. The Bertz CT molecular complexity index is 966. The molecule has 0 spiro atoms. The van der Waals surface area contributed by atoms with Crippen molar-refractivity contribution in [2.75, 3.05) is 5.32 Å². The van der Waals surface area contributed by atoms with Crippen molar-refractivity contribution in [3.63, 3.8) is 0 Å². The zero-order valence-corrected chi connectivity index (χ0v) is 16.2. The summed E-state index contributed by atoms with van der Waals surface area (Å²) in [6, 6.07) is 16.7. The number of anilines is 1. The molecule has 0 saturated heterocycles. The van der Waals surface area contributed by atoms with Gasteiger partial charge < -0.3 is 10.6 Å². The zero-order chi connectivity index (χ0) is 19.9. The number of carbonyl (C=O) groups is 2. The minimum absolute atomic E-state index is 0.219. The maximum Gasteiger partial charge on any atom is 0.253 e. The van der Waals surface area contributed by atoms with Crippen LogP contribution < -0.4 is 10.6 Å². The number of halogens is 2. The van der Waals surface area contributed by atoms with Gasteiger partial charge in [0.1, 0.15) is 6.04 Å². The van der Waals surface area contributed by atoms with Gasteiger partial charge >= 0.3 is 0 Å². The Balaban J connectivity index is 1.80. The topological polar surface area (TPSA) is 71.1 Å². The highest BCUT2D eigenvalue weighted by Crippen LogP contribution is 2.21. The van der Waals surface area contributed by atoms with E-state index in [9.17, 15) is 9.59 Å². The molecular formula is C21H17Cl2N3O2. The van der Waals surface area contributed by atoms with Gasteiger partial charge in [-0.15, -0.1) is 0 Å². The molecule has 0 aliphatic rings. The maximum atomic E-state index is 12.8. The summed E-state index contributed by atoms with van der Waals surface area (Å²) in [5.74, 6) is -0.806. The summed E-state index contributed by atoms with van der Waals surface area (Å²) in [5.41, 5.74) is 1.71. The summed E-state index contributed by atoms with van der Waals surface area (Å²) >= 11 is 12.0. The van der Waals surface area contributed by atoms with Crippen molar-refractivity contribution in [2.45, 2.75) is 12.5 Å². The van der Waals surface area contributed by atoms with E-state index in [0.717, 1.165) is 5.56 Å². The summed E-state index contributed by atoms with van der Waals surface area (Å²) in [6.45, 7) is 0. The number of rotatable bonds is 6. The number of amides is 2. The number of hydrogen-bond donors (Lipinski definition) is 2. The molecule has 0 unspecified atom stereocenters. The van der Waals surface area contributed by atoms with Gasteiger partial charge in [-0.3, -0.25) is 14.6 Å². The van der Waals surface area contributed by atoms with Crippen molar-refractivity contribution >= 4 is 40.7 Å². The van der Waals surface area contributed by atoms with Crippen LogP contribution in [-0.2, 0) is 11.2 Å². The highest BCUT2D eigenvalue weighted by molar-refractivity contribution is 6.36. The van der Waals surface area contributed by atoms with Crippen LogP contribution in [0.3, 0.4) is 0 Å². The van der Waals surface area contributed by atoms with Crippen LogP contribution in [0.15, 0.2) is 73.1 Å². The van der Waals surface area contributed by atoms with Crippen LogP contribution in [0.1, 0.15) is 15.9 Å². The van der Waals surface area contributed by atoms with Crippen LogP contribution in [-0.4, -0.2) is 22.8 Å². The molecule has 0 fully saturated rings. The van der Waals surface area contributed by atoms with Gasteiger partial charge in [0.2, 0.25) is 5.91 Å². The monoisotopic (exact) mass is 413 g/mol. The third-order valence-electron chi connectivity index (χ3n) is 4.01. The third-order valence-corrected chi connectivity index (χ3v) is 4.56. The molecule has 0 radical (unpaired) electrons. The summed E-state index contributed by atoms with van der Waals surface area (Å²) < 4.78 is 0. The number of benzene rings is 2. The largest absolute Gasteiger partial charge is 0.340 e. The van der Waals surface area contributed by atoms with E-state index in [-0.39, 0.29) is 16.5 Å². The Morgan fingerprint density at radius 3 is 2.46 bits per heavy atom. The first-order valence-corrected chi connectivity index (χ1v) is 9.29. The maximum absolute atomic E-state index is 12.8. The first-order chi connectivity index (χ1) is 13.5. The minimum atomic E-state index is -0.804. The number of nitrogens with one attached hydrogen (secondary N) is 2. The molecule has 3 aromatic rings. The van der Waals surface area contributed by atoms with Crippen LogP contribution >= 0.6 is 23.2 Å². The first-order valence-electron chi connectivity index (χ1n) is 8.53. The third kappa shape index (κ3) is 5.31. The lowest BCUT2D eigenvalue weighted by atomic mass is 10.0. The molecule has 0 saturated carbocycles. The molecule has 28 heavy (non-hydrogen) atoms. The van der Waals surface area contributed by atoms with Crippen molar-refractivity contribution in [3.05, 3.63) is 94.2 Å². The molecular weight excluding hydrogens is 397 g/mol. The molecule has 1 aromatic heterocycles. The second-order valence-electron chi connectivity index (χ2n) is 6.07. The molecule has 3 rings (SSSR count). The Hall–Kier alpha value is -2.89. The SMILES string of the molecule is O=C(N[C@@H](Cc1ccccc1)C(=O)Nc1cccnc1)c1ccc(Cl)cc1Cl. The highest BCUT2D eigenvalue weighted by Gasteiger charge is 2.23. The van der Waals surface area contributed by atoms with E-state index in [1.807, 2.05) is 30.3 Å². The fourth-order valence-corrected chi connectivity index (χ4v) is 3.13. The normalized spacial score (nSPS) is 11.5. The average molecular weight is 414 g/mol. The predicted molar refractivity (Wildman–Crippen MR) is 111 cm³/mol. The lowest BCUT2D eigenvalue weighted by Crippen LogP contribution is -2.45. The molecule has 1 atom stereocenters. The fraction of sp³-hybridized carbons (Fsp3) is 0.0952. The molecule has 142 valence electrons. The van der Waals surface area contributed by atoms with Gasteiger partial charge in [-0.2, -0.15) is 0 Å². The van der Waals surface area contributed by atoms with Gasteiger partial charge in [0, 0.05) is 17.6 Å². The van der Waals surface area contributed by atoms with Crippen LogP contribution in [0, 0.1) is 0 Å². The van der Waals surface area contributed by atoms with Crippen LogP contribution in [0.2, 0.25) is 10.0 Å². The number of carbonyl (C=O) groups excluding carboxylic acids is 2. The molecule has 7 heteroatoms. The molecule has 0 aliphatic heterocycles. The van der Waals surface area contributed by atoms with Crippen LogP contribution in [0.25, 0.3) is 0 Å². The van der Waals surface area contributed by atoms with Gasteiger partial charge in [-0.1, -0.05) is 53.5 Å². The summed E-state index contributed by atoms with van der Waals surface area (Å²) in [6.07, 6.45) is 3.47. The van der Waals surface area contributed by atoms with Crippen LogP contribution in [0.4, 0.5) is 5.69 Å². The fourth-order valence-electron chi connectivity index (χ4n) is 2.63. The van der Waals surface area contributed by atoms with E-state index in [1.165, 1.54) is 18.3 Å². The number of hydrogen-bond acceptors (Lipinski definition) is 3. The van der Waals surface area contributed by atoms with E-state index >= 15 is 0 Å². The van der Waals surface area contributed by atoms with E-state index in [0.29, 0.717) is 17.1 Å². The summed E-state index contributed by atoms with van der Waals surface area (Å²) in [7, 11) is 0. The lowest BCUT2D eigenvalue weighted by Gasteiger charge is -2.19. The van der Waals surface area contributed by atoms with Crippen molar-refractivity contribution in [2.24, 2.45) is 0 Å². The summed E-state index contributed by atoms with van der Waals surface area (Å²) in [5, 5.41) is 6.18. The Kier molecular flexibility index (Phi) is 6.63. The number of nitrogens with zero attached hydrogens (tertiary/aromatic N) is 1. The zero-order valence-electron chi connectivity index (χ0n) is 14.7. The van der Waals surface area contributed by atoms with E-state index in [4.69, 9.17) is 23.2 Å². The summed E-state index contributed by atoms with van der Waals surface area (Å²) in [4.78, 5) is 29.5. The quantitative estimate of drug-likeness (QED) is 0.630. The average Bonchev–Trinajstić information content (AvgIpc) is 2.69. The van der Waals surface area contributed by atoms with E-state index < -0.39 is 11.9 Å². The smallest absolute Gasteiger partial charge is 0.253 e. The molecule has 0 aliphatic carbocycles. The standard InChI is InChI=1S/C21H17Cl2N3O2/c22-15-8-9-17(18(23)12-15)20(27)26-19(11-14-5-2-1-3-6-14)21(28)25-16-7-4-10-24-13-16/h1-10,12-13,19H,11H2,(H,25,28)(H,26,27)/t19-/m0/s1. The van der Waals surface area contributed by atoms with Gasteiger partial charge in [-0.25, -0.2) is 0 Å². The van der Waals surface area contributed by atoms with Gasteiger partial charge in [0.15, 0.2) is 0 Å². The first kappa shape index (κ1) is 19.9. The van der Waals surface area contributed by atoms with Crippen molar-refractivity contribution in [1.29, 1.82) is 0 Å². The van der Waals surface area contributed by atoms with Crippen molar-refractivity contribution in [3.8, 4) is 0 Å². The van der Waals surface area contributed by atoms with Crippen molar-refractivity contribution < 1.29 is 9.59 Å². The Labute approximate surface area is 172 Å².